The first-order chi connectivity index (χ1) is 46.6. The third-order valence-electron chi connectivity index (χ3n) is 19.8. The van der Waals surface area contributed by atoms with Crippen LogP contribution < -0.4 is 16.4 Å². The second-order valence-corrected chi connectivity index (χ2v) is 26.8. The average Bonchev–Trinajstić information content (AvgIpc) is 1.49. The molecule has 1 aliphatic heterocycles. The second kappa shape index (κ2) is 36.5. The number of hydrogen-bond donors (Lipinski definition) is 3. The number of fused-ring (bicyclic) bond motifs is 3. The lowest BCUT2D eigenvalue weighted by Gasteiger charge is -2.38. The number of carbonyl (C=O) groups is 1. The molecule has 4 N–H and O–H groups in total. The van der Waals surface area contributed by atoms with E-state index in [1.165, 1.54) is 119 Å². The molecule has 0 bridgehead atoms. The minimum absolute atomic E-state index is 0. The van der Waals surface area contributed by atoms with E-state index in [1.807, 2.05) is 103 Å². The molecule has 0 atom stereocenters. The summed E-state index contributed by atoms with van der Waals surface area (Å²) in [6, 6.07) is 67.9. The monoisotopic (exact) mass is 1340 g/mol. The van der Waals surface area contributed by atoms with E-state index in [9.17, 15) is 10.1 Å². The van der Waals surface area contributed by atoms with Gasteiger partial charge in [0.05, 0.1) is 33.4 Å². The highest BCUT2D eigenvalue weighted by Crippen LogP contribution is 2.43. The van der Waals surface area contributed by atoms with Crippen LogP contribution in [0.4, 0.5) is 11.6 Å². The SMILES string of the molecule is C.C1CCOC1.Clc1nc(Cl)c2ccccc2n1.N#CC1(c2ccccc2)CCCCC1.NCC1(c2ccccc2)CCCCC1.O=C(Nc1nc(Cl)nc2ccccc12)C1(c2ccccc2)CCCCC1.[HH].c1ccc(C2(CNc3ncnc4ccccc34)CCCCC2)cc1. The van der Waals surface area contributed by atoms with Crippen molar-refractivity contribution in [1.29, 1.82) is 5.26 Å². The van der Waals surface area contributed by atoms with Gasteiger partial charge >= 0.3 is 0 Å². The van der Waals surface area contributed by atoms with Crippen LogP contribution in [-0.2, 0) is 31.2 Å². The maximum atomic E-state index is 13.4. The molecule has 96 heavy (non-hydrogen) atoms. The lowest BCUT2D eigenvalue weighted by Crippen LogP contribution is -2.42. The van der Waals surface area contributed by atoms with E-state index >= 15 is 0 Å². The summed E-state index contributed by atoms with van der Waals surface area (Å²) in [5.74, 6) is 1.41. The Morgan fingerprint density at radius 3 is 1.39 bits per heavy atom. The van der Waals surface area contributed by atoms with Crippen molar-refractivity contribution < 1.29 is 11.0 Å². The first kappa shape index (κ1) is 72.4. The van der Waals surface area contributed by atoms with Gasteiger partial charge in [-0.25, -0.2) is 24.9 Å². The second-order valence-electron chi connectivity index (χ2n) is 25.8. The number of nitrogens with zero attached hydrogens (tertiary/aromatic N) is 7. The fraction of sp³-hybridized carbons (Fsp3) is 0.383. The Balaban J connectivity index is 0.000000156. The summed E-state index contributed by atoms with van der Waals surface area (Å²) in [6.07, 6.45) is 28.0. The summed E-state index contributed by atoms with van der Waals surface area (Å²) in [5.41, 5.74) is 13.4. The van der Waals surface area contributed by atoms with Crippen molar-refractivity contribution in [3.8, 4) is 6.07 Å². The molecular weight excluding hydrogens is 1250 g/mol. The maximum Gasteiger partial charge on any atom is 0.236 e. The summed E-state index contributed by atoms with van der Waals surface area (Å²) >= 11 is 17.5. The average molecular weight is 1350 g/mol. The molecule has 4 heterocycles. The lowest BCUT2D eigenvalue weighted by molar-refractivity contribution is -0.122. The summed E-state index contributed by atoms with van der Waals surface area (Å²) in [5, 5.41) is 19.5. The summed E-state index contributed by atoms with van der Waals surface area (Å²) in [7, 11) is 0. The van der Waals surface area contributed by atoms with Crippen molar-refractivity contribution in [2.45, 2.75) is 170 Å². The molecule has 12 nitrogen and oxygen atoms in total. The largest absolute Gasteiger partial charge is 0.381 e. The van der Waals surface area contributed by atoms with Gasteiger partial charge in [0.1, 0.15) is 23.1 Å². The number of nitrogens with one attached hydrogen (secondary N) is 2. The number of ether oxygens (including phenoxy) is 1. The van der Waals surface area contributed by atoms with Gasteiger partial charge in [-0.2, -0.15) is 10.2 Å². The van der Waals surface area contributed by atoms with Gasteiger partial charge in [-0.3, -0.25) is 4.79 Å². The third-order valence-corrected chi connectivity index (χ3v) is 20.4. The van der Waals surface area contributed by atoms with Crippen molar-refractivity contribution >= 4 is 85.1 Å². The topological polar surface area (TPSA) is 178 Å². The molecule has 3 aromatic heterocycles. The highest BCUT2D eigenvalue weighted by Gasteiger charge is 2.42. The third kappa shape index (κ3) is 18.8. The van der Waals surface area contributed by atoms with Crippen LogP contribution >= 0.6 is 34.8 Å². The van der Waals surface area contributed by atoms with Gasteiger partial charge in [0.25, 0.3) is 0 Å². The van der Waals surface area contributed by atoms with Gasteiger partial charge in [0.2, 0.25) is 16.5 Å². The van der Waals surface area contributed by atoms with Crippen molar-refractivity contribution in [2.24, 2.45) is 5.73 Å². The molecule has 4 aliphatic carbocycles. The molecule has 5 fully saturated rings. The lowest BCUT2D eigenvalue weighted by atomic mass is 9.68. The summed E-state index contributed by atoms with van der Waals surface area (Å²) in [4.78, 5) is 38.6. The first-order valence-electron chi connectivity index (χ1n) is 34.2. The van der Waals surface area contributed by atoms with Crippen LogP contribution in [0.1, 0.15) is 172 Å². The molecular formula is C81H95Cl3N10O2. The van der Waals surface area contributed by atoms with Crippen LogP contribution in [0.5, 0.6) is 0 Å². The highest BCUT2D eigenvalue weighted by atomic mass is 35.5. The summed E-state index contributed by atoms with van der Waals surface area (Å²) in [6.45, 7) is 3.73. The maximum absolute atomic E-state index is 13.4. The zero-order valence-corrected chi connectivity index (χ0v) is 56.9. The summed E-state index contributed by atoms with van der Waals surface area (Å²) < 4.78 is 4.94. The van der Waals surface area contributed by atoms with Gasteiger partial charge in [-0.15, -0.1) is 0 Å². The van der Waals surface area contributed by atoms with Crippen molar-refractivity contribution in [1.82, 2.24) is 29.9 Å². The minimum atomic E-state index is -0.516. The predicted octanol–water partition coefficient (Wildman–Crippen LogP) is 20.9. The molecule has 1 amide bonds. The van der Waals surface area contributed by atoms with Crippen LogP contribution in [0.2, 0.25) is 15.7 Å². The number of halogens is 3. The number of benzene rings is 7. The molecule has 0 spiro atoms. The smallest absolute Gasteiger partial charge is 0.236 e. The molecule has 0 unspecified atom stereocenters. The minimum Gasteiger partial charge on any atom is -0.381 e. The molecule has 4 saturated carbocycles. The number of rotatable bonds is 10. The van der Waals surface area contributed by atoms with Crippen molar-refractivity contribution in [3.05, 3.63) is 238 Å². The molecule has 15 heteroatoms. The molecule has 1 saturated heterocycles. The van der Waals surface area contributed by atoms with Gasteiger partial charge < -0.3 is 21.1 Å². The number of amides is 1. The normalized spacial score (nSPS) is 17.1. The van der Waals surface area contributed by atoms with Gasteiger partial charge in [-0.1, -0.05) is 254 Å². The predicted molar refractivity (Wildman–Crippen MR) is 399 cm³/mol. The molecule has 7 aromatic carbocycles. The first-order valence-corrected chi connectivity index (χ1v) is 35.4. The number of carbonyl (C=O) groups excluding carboxylic acids is 1. The van der Waals surface area contributed by atoms with Crippen molar-refractivity contribution in [2.75, 3.05) is 36.9 Å². The standard InChI is InChI=1S/C21H20ClN3O.C21H23N3.C13H19N.C13H15N.C8H4Cl2N2.C4H8O.CH4.H2/c22-20-23-17-12-6-5-11-16(17)18(25-20)24-19(26)21(13-7-2-8-14-21)15-9-3-1-4-10-15;1-3-9-17(10-4-1)21(13-7-2-8-14-21)15-22-20-18-11-5-6-12-19(18)23-16-24-20;2*14-11-13(9-5-2-6-10-13)12-7-3-1-4-8-12;9-7-5-3-1-2-4-6(5)11-8(10)12-7;1-2-4-5-3-1;;/h1,3-6,9-12H,2,7-8,13-14H2,(H,23,24,25,26);1,3-6,9-12,16H,2,7-8,13-15H2,(H,22,23,24);1,3-4,7-8H,2,5-6,9-11,14H2;1,3-4,7-8H,2,5-6,9-10H2;1-4H;1-4H2;1H4;1H. The number of aromatic nitrogens is 6. The van der Waals surface area contributed by atoms with Crippen LogP contribution in [0, 0.1) is 11.3 Å². The van der Waals surface area contributed by atoms with E-state index in [0.29, 0.717) is 16.4 Å². The van der Waals surface area contributed by atoms with E-state index < -0.39 is 5.41 Å². The van der Waals surface area contributed by atoms with Gasteiger partial charge in [0.15, 0.2) is 0 Å². The van der Waals surface area contributed by atoms with E-state index in [-0.39, 0.29) is 36.2 Å². The molecule has 10 aromatic rings. The Hall–Kier alpha value is -7.89. The van der Waals surface area contributed by atoms with E-state index in [1.54, 1.807) is 6.33 Å². The zero-order chi connectivity index (χ0) is 66.0. The van der Waals surface area contributed by atoms with Gasteiger partial charge in [-0.05, 0) is 146 Å². The van der Waals surface area contributed by atoms with Crippen LogP contribution in [0.15, 0.2) is 200 Å². The van der Waals surface area contributed by atoms with E-state index in [0.717, 1.165) is 109 Å². The Labute approximate surface area is 585 Å². The fourth-order valence-electron chi connectivity index (χ4n) is 14.4. The van der Waals surface area contributed by atoms with E-state index in [2.05, 4.69) is 138 Å². The van der Waals surface area contributed by atoms with Crippen LogP contribution in [-0.4, -0.2) is 62.1 Å². The quantitative estimate of drug-likeness (QED) is 0.0877. The number of para-hydroxylation sites is 3. The fourth-order valence-corrected chi connectivity index (χ4v) is 15.1. The van der Waals surface area contributed by atoms with E-state index in [4.69, 9.17) is 45.3 Å². The number of anilines is 2. The number of nitrogens with two attached hydrogens (primary N) is 1. The Morgan fingerprint density at radius 1 is 0.458 bits per heavy atom. The van der Waals surface area contributed by atoms with Crippen molar-refractivity contribution in [3.63, 3.8) is 0 Å². The van der Waals surface area contributed by atoms with Gasteiger partial charge in [0, 0.05) is 54.7 Å². The molecule has 15 rings (SSSR count). The number of hydrogen-bond acceptors (Lipinski definition) is 11. The Kier molecular flexibility index (Phi) is 27.5. The Bertz CT molecular complexity index is 4020. The van der Waals surface area contributed by atoms with Crippen LogP contribution in [0.3, 0.4) is 0 Å². The number of nitriles is 1. The molecule has 502 valence electrons. The zero-order valence-electron chi connectivity index (χ0n) is 54.6. The molecule has 5 aliphatic rings. The van der Waals surface area contributed by atoms with Crippen LogP contribution in [0.25, 0.3) is 32.7 Å². The highest BCUT2D eigenvalue weighted by molar-refractivity contribution is 6.35. The molecule has 0 radical (unpaired) electrons. The Morgan fingerprint density at radius 2 is 0.875 bits per heavy atom.